The van der Waals surface area contributed by atoms with Crippen molar-refractivity contribution in [2.45, 2.75) is 13.5 Å². The molecule has 0 spiro atoms. The third-order valence-electron chi connectivity index (χ3n) is 2.10. The summed E-state index contributed by atoms with van der Waals surface area (Å²) in [5, 5.41) is 9.26. The average Bonchev–Trinajstić information content (AvgIpc) is 2.31. The maximum atomic E-state index is 9.26. The second-order valence-corrected chi connectivity index (χ2v) is 4.08. The van der Waals surface area contributed by atoms with Crippen LogP contribution in [0.3, 0.4) is 0 Å². The maximum Gasteiger partial charge on any atom is 0.178 e. The zero-order valence-electron chi connectivity index (χ0n) is 9.54. The van der Waals surface area contributed by atoms with Crippen LogP contribution >= 0.6 is 22.6 Å². The van der Waals surface area contributed by atoms with Crippen LogP contribution in [0.25, 0.3) is 0 Å². The van der Waals surface area contributed by atoms with Crippen LogP contribution in [0, 0.1) is 3.57 Å². The van der Waals surface area contributed by atoms with Crippen molar-refractivity contribution in [2.24, 2.45) is 0 Å². The van der Waals surface area contributed by atoms with Crippen molar-refractivity contribution in [3.05, 3.63) is 15.2 Å². The molecule has 5 heteroatoms. The summed E-state index contributed by atoms with van der Waals surface area (Å²) in [6.07, 6.45) is 0. The Hall–Kier alpha value is -0.690. The first-order valence-electron chi connectivity index (χ1n) is 4.86. The zero-order valence-corrected chi connectivity index (χ0v) is 11.7. The standard InChI is InChI=1S/C11H15IO4/c1-4-16-11-9(12)8(14-2)5-7(6-13)10(11)15-3/h5,13H,4,6H2,1-3H3. The number of methoxy groups -OCH3 is 2. The van der Waals surface area contributed by atoms with E-state index in [1.54, 1.807) is 20.3 Å². The molecule has 0 aliphatic heterocycles. The minimum absolute atomic E-state index is 0.115. The Morgan fingerprint density at radius 3 is 2.38 bits per heavy atom. The lowest BCUT2D eigenvalue weighted by atomic mass is 10.2. The van der Waals surface area contributed by atoms with Gasteiger partial charge in [-0.2, -0.15) is 0 Å². The van der Waals surface area contributed by atoms with Crippen molar-refractivity contribution in [2.75, 3.05) is 20.8 Å². The van der Waals surface area contributed by atoms with Crippen molar-refractivity contribution in [3.63, 3.8) is 0 Å². The predicted molar refractivity (Wildman–Crippen MR) is 69.4 cm³/mol. The number of aliphatic hydroxyl groups is 1. The number of benzene rings is 1. The Labute approximate surface area is 109 Å². The molecular formula is C11H15IO4. The van der Waals surface area contributed by atoms with Gasteiger partial charge < -0.3 is 19.3 Å². The van der Waals surface area contributed by atoms with Gasteiger partial charge in [0.05, 0.1) is 27.4 Å². The molecule has 1 aromatic rings. The van der Waals surface area contributed by atoms with Gasteiger partial charge in [0, 0.05) is 5.56 Å². The van der Waals surface area contributed by atoms with E-state index in [2.05, 4.69) is 22.6 Å². The van der Waals surface area contributed by atoms with E-state index in [-0.39, 0.29) is 6.61 Å². The molecule has 0 aliphatic rings. The van der Waals surface area contributed by atoms with Crippen LogP contribution in [-0.4, -0.2) is 25.9 Å². The first-order chi connectivity index (χ1) is 7.69. The summed E-state index contributed by atoms with van der Waals surface area (Å²) >= 11 is 2.13. The van der Waals surface area contributed by atoms with E-state index in [1.165, 1.54) is 0 Å². The van der Waals surface area contributed by atoms with Crippen LogP contribution in [0.4, 0.5) is 0 Å². The van der Waals surface area contributed by atoms with Crippen LogP contribution in [-0.2, 0) is 6.61 Å². The Kier molecular flexibility index (Phi) is 5.14. The van der Waals surface area contributed by atoms with Gasteiger partial charge in [-0.15, -0.1) is 0 Å². The summed E-state index contributed by atoms with van der Waals surface area (Å²) in [7, 11) is 3.14. The Morgan fingerprint density at radius 2 is 1.94 bits per heavy atom. The fourth-order valence-corrected chi connectivity index (χ4v) is 2.18. The summed E-state index contributed by atoms with van der Waals surface area (Å²) < 4.78 is 16.8. The molecule has 0 saturated heterocycles. The second-order valence-electron chi connectivity index (χ2n) is 3.01. The summed E-state index contributed by atoms with van der Waals surface area (Å²) in [5.41, 5.74) is 0.656. The SMILES string of the molecule is CCOc1c(I)c(OC)cc(CO)c1OC. The lowest BCUT2D eigenvalue weighted by molar-refractivity contribution is 0.263. The van der Waals surface area contributed by atoms with E-state index in [9.17, 15) is 5.11 Å². The summed E-state index contributed by atoms with van der Waals surface area (Å²) in [6, 6.07) is 1.75. The van der Waals surface area contributed by atoms with E-state index >= 15 is 0 Å². The van der Waals surface area contributed by atoms with Crippen LogP contribution in [0.5, 0.6) is 17.2 Å². The van der Waals surface area contributed by atoms with Gasteiger partial charge in [0.2, 0.25) is 0 Å². The van der Waals surface area contributed by atoms with Gasteiger partial charge in [-0.05, 0) is 35.6 Å². The molecule has 90 valence electrons. The van der Waals surface area contributed by atoms with Gasteiger partial charge in [-0.3, -0.25) is 0 Å². The molecule has 1 rings (SSSR count). The normalized spacial score (nSPS) is 10.1. The molecule has 0 atom stereocenters. The zero-order chi connectivity index (χ0) is 12.1. The molecule has 0 radical (unpaired) electrons. The molecule has 0 heterocycles. The lowest BCUT2D eigenvalue weighted by Crippen LogP contribution is -2.03. The van der Waals surface area contributed by atoms with Crippen LogP contribution in [0.15, 0.2) is 6.07 Å². The van der Waals surface area contributed by atoms with Crippen molar-refractivity contribution in [3.8, 4) is 17.2 Å². The van der Waals surface area contributed by atoms with Gasteiger partial charge in [0.25, 0.3) is 0 Å². The molecule has 0 bridgehead atoms. The molecule has 1 N–H and O–H groups in total. The highest BCUT2D eigenvalue weighted by molar-refractivity contribution is 14.1. The molecule has 1 aromatic carbocycles. The van der Waals surface area contributed by atoms with Crippen molar-refractivity contribution in [1.82, 2.24) is 0 Å². The minimum Gasteiger partial charge on any atom is -0.495 e. The topological polar surface area (TPSA) is 47.9 Å². The Bertz CT molecular complexity index is 365. The Morgan fingerprint density at radius 1 is 1.25 bits per heavy atom. The molecule has 16 heavy (non-hydrogen) atoms. The number of aliphatic hydroxyl groups excluding tert-OH is 1. The first kappa shape index (κ1) is 13.4. The van der Waals surface area contributed by atoms with E-state index in [0.717, 1.165) is 3.57 Å². The van der Waals surface area contributed by atoms with Crippen LogP contribution in [0.2, 0.25) is 0 Å². The number of ether oxygens (including phenoxy) is 3. The van der Waals surface area contributed by atoms with E-state index < -0.39 is 0 Å². The smallest absolute Gasteiger partial charge is 0.178 e. The first-order valence-corrected chi connectivity index (χ1v) is 5.94. The van der Waals surface area contributed by atoms with Gasteiger partial charge in [-0.1, -0.05) is 0 Å². The summed E-state index contributed by atoms with van der Waals surface area (Å²) in [6.45, 7) is 2.31. The largest absolute Gasteiger partial charge is 0.495 e. The van der Waals surface area contributed by atoms with E-state index in [0.29, 0.717) is 29.4 Å². The van der Waals surface area contributed by atoms with Crippen LogP contribution in [0.1, 0.15) is 12.5 Å². The quantitative estimate of drug-likeness (QED) is 0.837. The van der Waals surface area contributed by atoms with Gasteiger partial charge >= 0.3 is 0 Å². The fraction of sp³-hybridized carbons (Fsp3) is 0.455. The third kappa shape index (κ3) is 2.52. The Balaban J connectivity index is 3.38. The monoisotopic (exact) mass is 338 g/mol. The van der Waals surface area contributed by atoms with Gasteiger partial charge in [-0.25, -0.2) is 0 Å². The molecule has 4 nitrogen and oxygen atoms in total. The highest BCUT2D eigenvalue weighted by atomic mass is 127. The van der Waals surface area contributed by atoms with Crippen molar-refractivity contribution >= 4 is 22.6 Å². The fourth-order valence-electron chi connectivity index (χ4n) is 1.41. The maximum absolute atomic E-state index is 9.26. The molecule has 0 unspecified atom stereocenters. The predicted octanol–water partition coefficient (Wildman–Crippen LogP) is 2.20. The minimum atomic E-state index is -0.115. The third-order valence-corrected chi connectivity index (χ3v) is 3.12. The molecule has 0 aliphatic carbocycles. The van der Waals surface area contributed by atoms with Crippen molar-refractivity contribution in [1.29, 1.82) is 0 Å². The number of hydrogen-bond acceptors (Lipinski definition) is 4. The number of hydrogen-bond donors (Lipinski definition) is 1. The molecule has 0 fully saturated rings. The van der Waals surface area contributed by atoms with Crippen molar-refractivity contribution < 1.29 is 19.3 Å². The average molecular weight is 338 g/mol. The van der Waals surface area contributed by atoms with Crippen LogP contribution < -0.4 is 14.2 Å². The molecule has 0 saturated carbocycles. The highest BCUT2D eigenvalue weighted by Gasteiger charge is 2.18. The van der Waals surface area contributed by atoms with Gasteiger partial charge in [0.1, 0.15) is 9.32 Å². The molecular weight excluding hydrogens is 323 g/mol. The second kappa shape index (κ2) is 6.15. The van der Waals surface area contributed by atoms with E-state index in [1.807, 2.05) is 6.92 Å². The summed E-state index contributed by atoms with van der Waals surface area (Å²) in [4.78, 5) is 0. The molecule has 0 amide bonds. The lowest BCUT2D eigenvalue weighted by Gasteiger charge is -2.16. The summed E-state index contributed by atoms with van der Waals surface area (Å²) in [5.74, 6) is 1.86. The highest BCUT2D eigenvalue weighted by Crippen LogP contribution is 2.41. The number of halogens is 1. The van der Waals surface area contributed by atoms with Gasteiger partial charge in [0.15, 0.2) is 11.5 Å². The number of rotatable bonds is 5. The molecule has 0 aromatic heterocycles. The van der Waals surface area contributed by atoms with E-state index in [4.69, 9.17) is 14.2 Å².